The molecule has 1 aromatic heterocycles. The molecule has 1 aliphatic carbocycles. The first-order valence-corrected chi connectivity index (χ1v) is 9.48. The van der Waals surface area contributed by atoms with Crippen LogP contribution in [0.4, 0.5) is 4.39 Å². The number of rotatable bonds is 3. The lowest BCUT2D eigenvalue weighted by molar-refractivity contribution is -0.0585. The number of carbonyl (C=O) groups is 3. The van der Waals surface area contributed by atoms with Gasteiger partial charge in [0.2, 0.25) is 5.43 Å². The topological polar surface area (TPSA) is 85.7 Å². The van der Waals surface area contributed by atoms with Crippen LogP contribution in [0, 0.1) is 5.82 Å². The van der Waals surface area contributed by atoms with Gasteiger partial charge in [-0.05, 0) is 37.1 Å². The van der Waals surface area contributed by atoms with E-state index >= 15 is 0 Å². The van der Waals surface area contributed by atoms with E-state index in [-0.39, 0.29) is 27.6 Å². The van der Waals surface area contributed by atoms with Gasteiger partial charge in [-0.2, -0.15) is 0 Å². The summed E-state index contributed by atoms with van der Waals surface area (Å²) in [5.74, 6) is -3.58. The molecule has 2 amide bonds. The molecule has 0 N–H and O–H groups in total. The highest BCUT2D eigenvalue weighted by Gasteiger charge is 2.39. The van der Waals surface area contributed by atoms with E-state index in [1.165, 1.54) is 24.4 Å². The van der Waals surface area contributed by atoms with Gasteiger partial charge in [0.25, 0.3) is 11.8 Å². The Morgan fingerprint density at radius 1 is 1.07 bits per heavy atom. The Morgan fingerprint density at radius 3 is 2.30 bits per heavy atom. The summed E-state index contributed by atoms with van der Waals surface area (Å²) in [6.45, 7) is 0. The standard InChI is InChI=1S/C21H12ClFN2O5/c22-15-8-17-13(7-16(15)23)18(26)14(9-24(17)10-5-6-10)21(29)30-25-19(27)11-3-1-2-4-12(11)20(25)28/h1-4,7-10H,5-6H2. The molecule has 5 rings (SSSR count). The smallest absolute Gasteiger partial charge is 0.343 e. The number of amides is 2. The van der Waals surface area contributed by atoms with E-state index in [9.17, 15) is 23.6 Å². The first-order valence-electron chi connectivity index (χ1n) is 9.11. The second-order valence-corrected chi connectivity index (χ2v) is 7.53. The SMILES string of the molecule is O=C(ON1C(=O)c2ccccc2C1=O)c1cn(C2CC2)c2cc(Cl)c(F)cc2c1=O. The van der Waals surface area contributed by atoms with Gasteiger partial charge in [-0.1, -0.05) is 28.8 Å². The van der Waals surface area contributed by atoms with E-state index in [1.807, 2.05) is 0 Å². The zero-order chi connectivity index (χ0) is 21.2. The van der Waals surface area contributed by atoms with Crippen LogP contribution in [0.1, 0.15) is 50.0 Å². The minimum absolute atomic E-state index is 0.0282. The summed E-state index contributed by atoms with van der Waals surface area (Å²) in [7, 11) is 0. The number of nitrogens with zero attached hydrogens (tertiary/aromatic N) is 2. The maximum atomic E-state index is 14.0. The van der Waals surface area contributed by atoms with Crippen LogP contribution in [0.25, 0.3) is 10.9 Å². The monoisotopic (exact) mass is 426 g/mol. The molecule has 0 saturated heterocycles. The van der Waals surface area contributed by atoms with E-state index < -0.39 is 34.6 Å². The molecule has 1 saturated carbocycles. The summed E-state index contributed by atoms with van der Waals surface area (Å²) >= 11 is 5.87. The Morgan fingerprint density at radius 2 is 1.70 bits per heavy atom. The third kappa shape index (κ3) is 2.72. The number of aromatic nitrogens is 1. The maximum absolute atomic E-state index is 14.0. The predicted molar refractivity (Wildman–Crippen MR) is 104 cm³/mol. The van der Waals surface area contributed by atoms with Crippen molar-refractivity contribution in [3.05, 3.63) is 80.3 Å². The molecular formula is C21H12ClFN2O5. The fourth-order valence-electron chi connectivity index (χ4n) is 3.53. The van der Waals surface area contributed by atoms with Crippen molar-refractivity contribution in [1.82, 2.24) is 9.63 Å². The average Bonchev–Trinajstić information content (AvgIpc) is 3.54. The van der Waals surface area contributed by atoms with Gasteiger partial charge >= 0.3 is 5.97 Å². The first-order chi connectivity index (χ1) is 14.4. The van der Waals surface area contributed by atoms with Gasteiger partial charge in [0, 0.05) is 17.6 Å². The number of halogens is 2. The van der Waals surface area contributed by atoms with E-state index in [0.717, 1.165) is 18.9 Å². The number of carbonyl (C=O) groups excluding carboxylic acids is 3. The largest absolute Gasteiger partial charge is 0.369 e. The van der Waals surface area contributed by atoms with Crippen LogP contribution in [0.5, 0.6) is 0 Å². The van der Waals surface area contributed by atoms with Crippen molar-refractivity contribution >= 4 is 40.3 Å². The molecule has 0 atom stereocenters. The molecule has 2 aromatic carbocycles. The van der Waals surface area contributed by atoms with Crippen LogP contribution in [-0.4, -0.2) is 27.4 Å². The summed E-state index contributed by atoms with van der Waals surface area (Å²) in [4.78, 5) is 55.5. The molecule has 0 bridgehead atoms. The van der Waals surface area contributed by atoms with Crippen molar-refractivity contribution in [3.63, 3.8) is 0 Å². The summed E-state index contributed by atoms with van der Waals surface area (Å²) < 4.78 is 15.7. The molecular weight excluding hydrogens is 415 g/mol. The molecule has 2 aliphatic rings. The zero-order valence-electron chi connectivity index (χ0n) is 15.2. The lowest BCUT2D eigenvalue weighted by atomic mass is 10.1. The van der Waals surface area contributed by atoms with Crippen molar-refractivity contribution in [3.8, 4) is 0 Å². The Hall–Kier alpha value is -3.52. The Balaban J connectivity index is 1.57. The fraction of sp³-hybridized carbons (Fsp3) is 0.143. The molecule has 1 fully saturated rings. The molecule has 3 aromatic rings. The van der Waals surface area contributed by atoms with Gasteiger partial charge in [0.05, 0.1) is 21.7 Å². The van der Waals surface area contributed by atoms with Gasteiger partial charge in [-0.3, -0.25) is 14.4 Å². The fourth-order valence-corrected chi connectivity index (χ4v) is 3.68. The van der Waals surface area contributed by atoms with E-state index in [2.05, 4.69) is 0 Å². The maximum Gasteiger partial charge on any atom is 0.369 e. The van der Waals surface area contributed by atoms with Gasteiger partial charge in [-0.15, -0.1) is 0 Å². The van der Waals surface area contributed by atoms with Crippen LogP contribution in [0.3, 0.4) is 0 Å². The number of imide groups is 1. The molecule has 0 unspecified atom stereocenters. The molecule has 1 aliphatic heterocycles. The average molecular weight is 427 g/mol. The summed E-state index contributed by atoms with van der Waals surface area (Å²) in [6.07, 6.45) is 2.94. The second kappa shape index (κ2) is 6.50. The van der Waals surface area contributed by atoms with Crippen LogP contribution in [0.15, 0.2) is 47.4 Å². The van der Waals surface area contributed by atoms with Crippen LogP contribution in [-0.2, 0) is 4.84 Å². The van der Waals surface area contributed by atoms with E-state index in [4.69, 9.17) is 16.4 Å². The van der Waals surface area contributed by atoms with E-state index in [0.29, 0.717) is 10.6 Å². The number of benzene rings is 2. The second-order valence-electron chi connectivity index (χ2n) is 7.12. The summed E-state index contributed by atoms with van der Waals surface area (Å²) in [6, 6.07) is 8.36. The van der Waals surface area contributed by atoms with Crippen molar-refractivity contribution in [2.24, 2.45) is 0 Å². The molecule has 0 radical (unpaired) electrons. The number of pyridine rings is 1. The highest BCUT2D eigenvalue weighted by Crippen LogP contribution is 2.37. The number of hydroxylamine groups is 2. The third-order valence-corrected chi connectivity index (χ3v) is 5.46. The minimum Gasteiger partial charge on any atom is -0.343 e. The normalized spacial score (nSPS) is 15.6. The van der Waals surface area contributed by atoms with Crippen molar-refractivity contribution in [1.29, 1.82) is 0 Å². The predicted octanol–water partition coefficient (Wildman–Crippen LogP) is 3.50. The Labute approximate surface area is 173 Å². The quantitative estimate of drug-likeness (QED) is 0.598. The van der Waals surface area contributed by atoms with E-state index in [1.54, 1.807) is 16.7 Å². The number of hydrogen-bond acceptors (Lipinski definition) is 5. The molecule has 9 heteroatoms. The number of hydrogen-bond donors (Lipinski definition) is 0. The van der Waals surface area contributed by atoms with Crippen LogP contribution in [0.2, 0.25) is 5.02 Å². The van der Waals surface area contributed by atoms with Gasteiger partial charge in [-0.25, -0.2) is 9.18 Å². The van der Waals surface area contributed by atoms with Crippen LogP contribution < -0.4 is 5.43 Å². The van der Waals surface area contributed by atoms with Gasteiger partial charge in [0.15, 0.2) is 0 Å². The first kappa shape index (κ1) is 18.5. The lowest BCUT2D eigenvalue weighted by Crippen LogP contribution is -2.34. The van der Waals surface area contributed by atoms with Crippen molar-refractivity contribution in [2.75, 3.05) is 0 Å². The zero-order valence-corrected chi connectivity index (χ0v) is 16.0. The van der Waals surface area contributed by atoms with Gasteiger partial charge < -0.3 is 9.40 Å². The molecule has 150 valence electrons. The lowest BCUT2D eigenvalue weighted by Gasteiger charge is -2.15. The molecule has 2 heterocycles. The number of fused-ring (bicyclic) bond motifs is 2. The highest BCUT2D eigenvalue weighted by atomic mass is 35.5. The molecule has 7 nitrogen and oxygen atoms in total. The van der Waals surface area contributed by atoms with Gasteiger partial charge in [0.1, 0.15) is 11.4 Å². The van der Waals surface area contributed by atoms with Crippen molar-refractivity contribution < 1.29 is 23.6 Å². The minimum atomic E-state index is -1.18. The summed E-state index contributed by atoms with van der Waals surface area (Å²) in [5, 5.41) is 0.152. The third-order valence-electron chi connectivity index (χ3n) is 5.17. The Kier molecular flexibility index (Phi) is 4.01. The highest BCUT2D eigenvalue weighted by molar-refractivity contribution is 6.31. The van der Waals surface area contributed by atoms with Crippen LogP contribution >= 0.6 is 11.6 Å². The molecule has 0 spiro atoms. The molecule has 30 heavy (non-hydrogen) atoms. The van der Waals surface area contributed by atoms with Crippen molar-refractivity contribution in [2.45, 2.75) is 18.9 Å². The Bertz CT molecular complexity index is 1310. The summed E-state index contributed by atoms with van der Waals surface area (Å²) in [5.41, 5.74) is -0.597.